The third kappa shape index (κ3) is 6.22. The summed E-state index contributed by atoms with van der Waals surface area (Å²) in [6, 6.07) is 0.683. The van der Waals surface area contributed by atoms with Crippen molar-refractivity contribution < 1.29 is 17.9 Å². The molecule has 1 aromatic rings. The first-order valence-corrected chi connectivity index (χ1v) is 11.0. The normalized spacial score (nSPS) is 22.1. The molecule has 2 atom stereocenters. The molecule has 1 aromatic heterocycles. The van der Waals surface area contributed by atoms with Gasteiger partial charge in [-0.2, -0.15) is 13.2 Å². The Kier molecular flexibility index (Phi) is 9.30. The van der Waals surface area contributed by atoms with Gasteiger partial charge in [0.25, 0.3) is 0 Å². The topological polar surface area (TPSA) is 41.5 Å². The summed E-state index contributed by atoms with van der Waals surface area (Å²) >= 11 is 1.81. The maximum absolute atomic E-state index is 12.6. The number of fused-ring (bicyclic) bond motifs is 1. The maximum atomic E-state index is 12.6. The van der Waals surface area contributed by atoms with Gasteiger partial charge >= 0.3 is 6.18 Å². The van der Waals surface area contributed by atoms with Crippen LogP contribution in [-0.4, -0.2) is 58.4 Å². The lowest BCUT2D eigenvalue weighted by Crippen LogP contribution is -2.35. The highest BCUT2D eigenvalue weighted by Gasteiger charge is 2.44. The quantitative estimate of drug-likeness (QED) is 0.473. The van der Waals surface area contributed by atoms with Gasteiger partial charge in [0.1, 0.15) is 0 Å². The van der Waals surface area contributed by atoms with Crippen LogP contribution in [0.5, 0.6) is 0 Å². The Morgan fingerprint density at radius 1 is 1.07 bits per heavy atom. The summed E-state index contributed by atoms with van der Waals surface area (Å²) in [7, 11) is 0. The molecule has 2 aliphatic rings. The summed E-state index contributed by atoms with van der Waals surface area (Å²) < 4.78 is 45.8. The standard InChI is InChI=1S/C16H23F3N4OS.C3H8/c1-2-7-24-8-9-25-23-6-4-13-14(23)3-5-22(13)15-20-10-12(11-21-15)16(17,18)19;1-3-2/h10-11,13-14H,2-9H2,1H3;3H2,1-2H3/t13-,14-;/m1./s1. The van der Waals surface area contributed by atoms with Crippen LogP contribution in [0.25, 0.3) is 0 Å². The molecule has 160 valence electrons. The van der Waals surface area contributed by atoms with Crippen LogP contribution in [0.3, 0.4) is 0 Å². The van der Waals surface area contributed by atoms with Gasteiger partial charge in [-0.05, 0) is 19.3 Å². The van der Waals surface area contributed by atoms with Crippen molar-refractivity contribution in [3.05, 3.63) is 18.0 Å². The molecule has 0 radical (unpaired) electrons. The van der Waals surface area contributed by atoms with Crippen LogP contribution < -0.4 is 4.90 Å². The van der Waals surface area contributed by atoms with Crippen molar-refractivity contribution in [3.63, 3.8) is 0 Å². The van der Waals surface area contributed by atoms with E-state index >= 15 is 0 Å². The van der Waals surface area contributed by atoms with Crippen molar-refractivity contribution in [1.29, 1.82) is 0 Å². The highest BCUT2D eigenvalue weighted by atomic mass is 32.2. The van der Waals surface area contributed by atoms with Crippen molar-refractivity contribution in [2.45, 2.75) is 64.7 Å². The molecule has 2 aliphatic heterocycles. The molecule has 0 aromatic carbocycles. The lowest BCUT2D eigenvalue weighted by atomic mass is 10.1. The van der Waals surface area contributed by atoms with Gasteiger partial charge in [-0.3, -0.25) is 0 Å². The predicted molar refractivity (Wildman–Crippen MR) is 107 cm³/mol. The molecule has 0 spiro atoms. The smallest absolute Gasteiger partial charge is 0.381 e. The number of nitrogens with zero attached hydrogens (tertiary/aromatic N) is 4. The molecule has 0 saturated carbocycles. The fourth-order valence-corrected chi connectivity index (χ4v) is 4.53. The van der Waals surface area contributed by atoms with Crippen molar-refractivity contribution in [2.75, 3.05) is 37.0 Å². The molecular weight excluding hydrogens is 389 g/mol. The summed E-state index contributed by atoms with van der Waals surface area (Å²) in [5, 5.41) is 0. The minimum atomic E-state index is -4.40. The Morgan fingerprint density at radius 2 is 1.71 bits per heavy atom. The van der Waals surface area contributed by atoms with E-state index in [2.05, 4.69) is 39.9 Å². The molecule has 5 nitrogen and oxygen atoms in total. The number of aromatic nitrogens is 2. The van der Waals surface area contributed by atoms with Gasteiger partial charge in [0.15, 0.2) is 0 Å². The second-order valence-electron chi connectivity index (χ2n) is 6.97. The van der Waals surface area contributed by atoms with Crippen molar-refractivity contribution in [3.8, 4) is 0 Å². The van der Waals surface area contributed by atoms with E-state index in [-0.39, 0.29) is 6.04 Å². The predicted octanol–water partition coefficient (Wildman–Crippen LogP) is 4.64. The average Bonchev–Trinajstić information content (AvgIpc) is 3.24. The van der Waals surface area contributed by atoms with E-state index in [4.69, 9.17) is 4.74 Å². The maximum Gasteiger partial charge on any atom is 0.419 e. The van der Waals surface area contributed by atoms with Crippen molar-refractivity contribution >= 4 is 17.9 Å². The Labute approximate surface area is 170 Å². The first-order chi connectivity index (χ1) is 13.4. The number of ether oxygens (including phenoxy) is 1. The molecule has 3 heterocycles. The zero-order valence-corrected chi connectivity index (χ0v) is 17.7. The van der Waals surface area contributed by atoms with E-state index < -0.39 is 11.7 Å². The van der Waals surface area contributed by atoms with Gasteiger partial charge in [0, 0.05) is 49.9 Å². The number of hydrogen-bond donors (Lipinski definition) is 0. The first-order valence-electron chi connectivity index (χ1n) is 10.1. The second kappa shape index (κ2) is 11.2. The number of hydrogen-bond acceptors (Lipinski definition) is 6. The number of halogens is 3. The van der Waals surface area contributed by atoms with Gasteiger partial charge < -0.3 is 9.64 Å². The number of anilines is 1. The molecule has 0 amide bonds. The SMILES string of the molecule is CCC.CCCOCCSN1CC[C@@H]2[C@H]1CCN2c1ncc(C(F)(F)F)cn1. The third-order valence-corrected chi connectivity index (χ3v) is 5.72. The highest BCUT2D eigenvalue weighted by molar-refractivity contribution is 7.97. The molecule has 0 unspecified atom stereocenters. The van der Waals surface area contributed by atoms with Gasteiger partial charge in [0.2, 0.25) is 5.95 Å². The van der Waals surface area contributed by atoms with E-state index in [1.165, 1.54) is 6.42 Å². The monoisotopic (exact) mass is 420 g/mol. The molecule has 0 aliphatic carbocycles. The van der Waals surface area contributed by atoms with Crippen LogP contribution >= 0.6 is 11.9 Å². The summed E-state index contributed by atoms with van der Waals surface area (Å²) in [6.45, 7) is 9.65. The van der Waals surface area contributed by atoms with Crippen LogP contribution in [0.15, 0.2) is 12.4 Å². The van der Waals surface area contributed by atoms with Crippen LogP contribution in [0.4, 0.5) is 19.1 Å². The Hall–Kier alpha value is -1.06. The highest BCUT2D eigenvalue weighted by Crippen LogP contribution is 2.37. The number of alkyl halides is 3. The summed E-state index contributed by atoms with van der Waals surface area (Å²) in [5.74, 6) is 1.33. The molecule has 28 heavy (non-hydrogen) atoms. The minimum Gasteiger partial charge on any atom is -0.381 e. The number of rotatable bonds is 7. The lowest BCUT2D eigenvalue weighted by Gasteiger charge is -2.25. The fourth-order valence-electron chi connectivity index (χ4n) is 3.43. The molecular formula is C19H31F3N4OS. The molecule has 3 rings (SSSR count). The van der Waals surface area contributed by atoms with Crippen molar-refractivity contribution in [1.82, 2.24) is 14.3 Å². The van der Waals surface area contributed by atoms with Gasteiger partial charge in [-0.1, -0.05) is 39.1 Å². The largest absolute Gasteiger partial charge is 0.419 e. The van der Waals surface area contributed by atoms with E-state index in [1.807, 2.05) is 0 Å². The zero-order valence-electron chi connectivity index (χ0n) is 16.9. The summed E-state index contributed by atoms with van der Waals surface area (Å²) in [4.78, 5) is 9.97. The average molecular weight is 421 g/mol. The molecule has 9 heteroatoms. The Balaban J connectivity index is 0.000000878. The van der Waals surface area contributed by atoms with Crippen LogP contribution in [0.1, 0.15) is 52.0 Å². The minimum absolute atomic E-state index is 0.279. The third-order valence-electron chi connectivity index (χ3n) is 4.58. The summed E-state index contributed by atoms with van der Waals surface area (Å²) in [6.07, 6.45) is 1.61. The van der Waals surface area contributed by atoms with Crippen LogP contribution in [0, 0.1) is 0 Å². The lowest BCUT2D eigenvalue weighted by molar-refractivity contribution is -0.138. The van der Waals surface area contributed by atoms with Gasteiger partial charge in [-0.15, -0.1) is 0 Å². The fraction of sp³-hybridized carbons (Fsp3) is 0.789. The van der Waals surface area contributed by atoms with Gasteiger partial charge in [0.05, 0.1) is 12.2 Å². The van der Waals surface area contributed by atoms with E-state index in [9.17, 15) is 13.2 Å². The summed E-state index contributed by atoms with van der Waals surface area (Å²) in [5.41, 5.74) is -0.803. The zero-order chi connectivity index (χ0) is 20.6. The molecule has 2 saturated heterocycles. The van der Waals surface area contributed by atoms with E-state index in [0.29, 0.717) is 12.0 Å². The molecule has 2 fully saturated rings. The first kappa shape index (κ1) is 23.2. The van der Waals surface area contributed by atoms with Crippen molar-refractivity contribution in [2.24, 2.45) is 0 Å². The molecule has 0 bridgehead atoms. The Morgan fingerprint density at radius 3 is 2.32 bits per heavy atom. The van der Waals surface area contributed by atoms with Crippen LogP contribution in [-0.2, 0) is 10.9 Å². The Bertz CT molecular complexity index is 573. The van der Waals surface area contributed by atoms with Crippen LogP contribution in [0.2, 0.25) is 0 Å². The second-order valence-corrected chi connectivity index (χ2v) is 8.10. The van der Waals surface area contributed by atoms with E-state index in [1.54, 1.807) is 11.9 Å². The van der Waals surface area contributed by atoms with E-state index in [0.717, 1.165) is 63.7 Å². The molecule has 0 N–H and O–H groups in total. The van der Waals surface area contributed by atoms with Gasteiger partial charge in [-0.25, -0.2) is 14.3 Å².